The lowest BCUT2D eigenvalue weighted by Crippen LogP contribution is -2.40. The van der Waals surface area contributed by atoms with Crippen LogP contribution in [-0.4, -0.2) is 46.9 Å². The predicted octanol–water partition coefficient (Wildman–Crippen LogP) is 3.70. The van der Waals surface area contributed by atoms with Gasteiger partial charge in [0, 0.05) is 30.9 Å². The monoisotopic (exact) mass is 444 g/mol. The number of hydrogen-bond donors (Lipinski definition) is 2. The van der Waals surface area contributed by atoms with Gasteiger partial charge in [-0.3, -0.25) is 0 Å². The standard InChI is InChI=1S/C22H22F2N4O4/c1-22(2,3)32-21(31)27-15-4-5-28(11-15)19-16(20(29)30)10-26-17(9-25)18(19)12-6-13(23)8-14(24)7-12/h6-8,10,15H,4-5,11H2,1-3H3,(H,27,31)(H,29,30)/t15-/m0/s1. The number of nitrogens with one attached hydrogen (secondary N) is 1. The largest absolute Gasteiger partial charge is 0.478 e. The van der Waals surface area contributed by atoms with Gasteiger partial charge in [-0.1, -0.05) is 0 Å². The van der Waals surface area contributed by atoms with E-state index < -0.39 is 29.3 Å². The number of alkyl carbamates (subject to hydrolysis) is 1. The van der Waals surface area contributed by atoms with Gasteiger partial charge in [-0.2, -0.15) is 5.26 Å². The third-order valence-corrected chi connectivity index (χ3v) is 4.76. The lowest BCUT2D eigenvalue weighted by atomic mass is 9.98. The molecule has 10 heteroatoms. The number of carboxylic acid groups (broad SMARTS) is 1. The lowest BCUT2D eigenvalue weighted by Gasteiger charge is -2.25. The molecule has 1 aliphatic heterocycles. The molecule has 0 unspecified atom stereocenters. The van der Waals surface area contributed by atoms with Crippen LogP contribution in [0.4, 0.5) is 19.3 Å². The Kier molecular flexibility index (Phi) is 6.30. The van der Waals surface area contributed by atoms with E-state index in [0.29, 0.717) is 19.0 Å². The van der Waals surface area contributed by atoms with Crippen LogP contribution in [0.3, 0.4) is 0 Å². The summed E-state index contributed by atoms with van der Waals surface area (Å²) < 4.78 is 33.1. The third-order valence-electron chi connectivity index (χ3n) is 4.76. The van der Waals surface area contributed by atoms with Crippen molar-refractivity contribution in [3.05, 3.63) is 47.3 Å². The molecule has 1 fully saturated rings. The van der Waals surface area contributed by atoms with E-state index in [1.807, 2.05) is 6.07 Å². The van der Waals surface area contributed by atoms with E-state index in [0.717, 1.165) is 18.3 Å². The highest BCUT2D eigenvalue weighted by Gasteiger charge is 2.32. The molecule has 1 aliphatic rings. The molecular formula is C22H22F2N4O4. The van der Waals surface area contributed by atoms with Crippen molar-refractivity contribution in [1.29, 1.82) is 5.26 Å². The second-order valence-corrected chi connectivity index (χ2v) is 8.40. The summed E-state index contributed by atoms with van der Waals surface area (Å²) in [6.07, 6.45) is 0.909. The second kappa shape index (κ2) is 8.78. The zero-order valence-corrected chi connectivity index (χ0v) is 17.8. The SMILES string of the molecule is CC(C)(C)OC(=O)N[C@H]1CCN(c2c(C(=O)O)cnc(C#N)c2-c2cc(F)cc(F)c2)C1. The number of amides is 1. The summed E-state index contributed by atoms with van der Waals surface area (Å²) in [7, 11) is 0. The minimum absolute atomic E-state index is 0.00629. The van der Waals surface area contributed by atoms with Crippen LogP contribution in [0, 0.1) is 23.0 Å². The molecule has 1 aromatic carbocycles. The highest BCUT2D eigenvalue weighted by molar-refractivity contribution is 6.00. The maximum Gasteiger partial charge on any atom is 0.407 e. The van der Waals surface area contributed by atoms with Crippen molar-refractivity contribution in [2.45, 2.75) is 38.8 Å². The summed E-state index contributed by atoms with van der Waals surface area (Å²) in [6, 6.07) is 4.22. The Morgan fingerprint density at radius 1 is 1.28 bits per heavy atom. The Morgan fingerprint density at radius 3 is 2.50 bits per heavy atom. The van der Waals surface area contributed by atoms with Crippen LogP contribution in [0.25, 0.3) is 11.1 Å². The average molecular weight is 444 g/mol. The summed E-state index contributed by atoms with van der Waals surface area (Å²) in [5.41, 5.74) is -0.945. The zero-order chi connectivity index (χ0) is 23.6. The maximum absolute atomic E-state index is 13.9. The van der Waals surface area contributed by atoms with Crippen molar-refractivity contribution in [2.24, 2.45) is 0 Å². The van der Waals surface area contributed by atoms with Crippen LogP contribution in [0.1, 0.15) is 43.2 Å². The molecule has 32 heavy (non-hydrogen) atoms. The van der Waals surface area contributed by atoms with Crippen LogP contribution in [0.2, 0.25) is 0 Å². The van der Waals surface area contributed by atoms with Crippen LogP contribution >= 0.6 is 0 Å². The highest BCUT2D eigenvalue weighted by Crippen LogP contribution is 2.38. The molecule has 1 aromatic heterocycles. The number of carboxylic acids is 1. The van der Waals surface area contributed by atoms with Gasteiger partial charge < -0.3 is 20.1 Å². The molecule has 2 aromatic rings. The Labute approximate surface area is 183 Å². The van der Waals surface area contributed by atoms with Crippen LogP contribution in [0.5, 0.6) is 0 Å². The first kappa shape index (κ1) is 22.9. The molecule has 0 spiro atoms. The number of nitriles is 1. The van der Waals surface area contributed by atoms with Gasteiger partial charge in [0.2, 0.25) is 0 Å². The van der Waals surface area contributed by atoms with Gasteiger partial charge in [-0.15, -0.1) is 0 Å². The number of pyridine rings is 1. The van der Waals surface area contributed by atoms with Crippen molar-refractivity contribution in [3.63, 3.8) is 0 Å². The topological polar surface area (TPSA) is 116 Å². The van der Waals surface area contributed by atoms with E-state index in [9.17, 15) is 28.7 Å². The van der Waals surface area contributed by atoms with Crippen LogP contribution in [-0.2, 0) is 4.74 Å². The first-order valence-electron chi connectivity index (χ1n) is 9.86. The fourth-order valence-electron chi connectivity index (χ4n) is 3.60. The van der Waals surface area contributed by atoms with Crippen molar-refractivity contribution in [2.75, 3.05) is 18.0 Å². The number of carbonyl (C=O) groups is 2. The average Bonchev–Trinajstić information content (AvgIpc) is 3.12. The number of aromatic nitrogens is 1. The number of hydrogen-bond acceptors (Lipinski definition) is 6. The number of benzene rings is 1. The summed E-state index contributed by atoms with van der Waals surface area (Å²) in [4.78, 5) is 29.6. The Morgan fingerprint density at radius 2 is 1.94 bits per heavy atom. The summed E-state index contributed by atoms with van der Waals surface area (Å²) in [5, 5.41) is 22.0. The third kappa shape index (κ3) is 5.11. The molecule has 0 saturated carbocycles. The van der Waals surface area contributed by atoms with Crippen molar-refractivity contribution >= 4 is 17.7 Å². The van der Waals surface area contributed by atoms with E-state index >= 15 is 0 Å². The number of aromatic carboxylic acids is 1. The number of anilines is 1. The van der Waals surface area contributed by atoms with Crippen molar-refractivity contribution < 1.29 is 28.2 Å². The summed E-state index contributed by atoms with van der Waals surface area (Å²) >= 11 is 0. The fourth-order valence-corrected chi connectivity index (χ4v) is 3.60. The lowest BCUT2D eigenvalue weighted by molar-refractivity contribution is 0.0508. The molecule has 168 valence electrons. The number of rotatable bonds is 4. The van der Waals surface area contributed by atoms with Gasteiger partial charge in [-0.05, 0) is 44.9 Å². The van der Waals surface area contributed by atoms with Gasteiger partial charge in [-0.25, -0.2) is 23.4 Å². The molecule has 1 atom stereocenters. The molecule has 1 saturated heterocycles. The van der Waals surface area contributed by atoms with E-state index in [2.05, 4.69) is 10.3 Å². The number of ether oxygens (including phenoxy) is 1. The smallest absolute Gasteiger partial charge is 0.407 e. The Hall–Kier alpha value is -3.74. The number of halogens is 2. The Balaban J connectivity index is 2.03. The van der Waals surface area contributed by atoms with Crippen LogP contribution < -0.4 is 10.2 Å². The van der Waals surface area contributed by atoms with Gasteiger partial charge in [0.25, 0.3) is 0 Å². The van der Waals surface area contributed by atoms with Gasteiger partial charge in [0.05, 0.1) is 11.7 Å². The van der Waals surface area contributed by atoms with Gasteiger partial charge >= 0.3 is 12.1 Å². The molecule has 8 nitrogen and oxygen atoms in total. The fraction of sp³-hybridized carbons (Fsp3) is 0.364. The van der Waals surface area contributed by atoms with Gasteiger partial charge in [0.1, 0.15) is 34.6 Å². The minimum atomic E-state index is -1.31. The highest BCUT2D eigenvalue weighted by atomic mass is 19.1. The molecule has 3 rings (SSSR count). The quantitative estimate of drug-likeness (QED) is 0.739. The van der Waals surface area contributed by atoms with E-state index in [4.69, 9.17) is 4.74 Å². The van der Waals surface area contributed by atoms with E-state index in [-0.39, 0.29) is 40.7 Å². The zero-order valence-electron chi connectivity index (χ0n) is 17.8. The number of nitrogens with zero attached hydrogens (tertiary/aromatic N) is 3. The van der Waals surface area contributed by atoms with Crippen LogP contribution in [0.15, 0.2) is 24.4 Å². The number of carbonyl (C=O) groups excluding carboxylic acids is 1. The molecular weight excluding hydrogens is 422 g/mol. The maximum atomic E-state index is 13.9. The summed E-state index contributed by atoms with van der Waals surface area (Å²) in [5.74, 6) is -3.05. The van der Waals surface area contributed by atoms with Crippen molar-refractivity contribution in [1.82, 2.24) is 10.3 Å². The Bertz CT molecular complexity index is 1090. The molecule has 2 N–H and O–H groups in total. The molecule has 0 aliphatic carbocycles. The molecule has 1 amide bonds. The first-order valence-corrected chi connectivity index (χ1v) is 9.86. The first-order chi connectivity index (χ1) is 15.0. The molecule has 0 bridgehead atoms. The second-order valence-electron chi connectivity index (χ2n) is 8.40. The predicted molar refractivity (Wildman–Crippen MR) is 111 cm³/mol. The summed E-state index contributed by atoms with van der Waals surface area (Å²) in [6.45, 7) is 5.74. The molecule has 0 radical (unpaired) electrons. The molecule has 2 heterocycles. The van der Waals surface area contributed by atoms with E-state index in [1.54, 1.807) is 25.7 Å². The van der Waals surface area contributed by atoms with E-state index in [1.165, 1.54) is 0 Å². The van der Waals surface area contributed by atoms with Crippen molar-refractivity contribution in [3.8, 4) is 17.2 Å². The normalized spacial score (nSPS) is 15.9. The van der Waals surface area contributed by atoms with Gasteiger partial charge in [0.15, 0.2) is 0 Å². The minimum Gasteiger partial charge on any atom is -0.478 e.